The molecule has 0 unspecified atom stereocenters. The molecule has 108 valence electrons. The van der Waals surface area contributed by atoms with Gasteiger partial charge in [-0.2, -0.15) is 0 Å². The van der Waals surface area contributed by atoms with Crippen LogP contribution in [0, 0.1) is 12.3 Å². The number of benzene rings is 2. The molecule has 1 fully saturated rings. The number of nitrogens with two attached hydrogens (primary N) is 1. The van der Waals surface area contributed by atoms with Gasteiger partial charge >= 0.3 is 0 Å². The Hall–Kier alpha value is -2.79. The molecule has 2 aromatic rings. The van der Waals surface area contributed by atoms with E-state index in [4.69, 9.17) is 12.2 Å². The first-order chi connectivity index (χ1) is 10.7. The second-order valence-electron chi connectivity index (χ2n) is 5.50. The van der Waals surface area contributed by atoms with E-state index in [1.54, 1.807) is 0 Å². The van der Waals surface area contributed by atoms with Crippen LogP contribution in [-0.2, 0) is 0 Å². The third-order valence-electron chi connectivity index (χ3n) is 3.88. The van der Waals surface area contributed by atoms with Gasteiger partial charge in [0.1, 0.15) is 5.84 Å². The lowest BCUT2D eigenvalue weighted by Gasteiger charge is -2.05. The molecule has 0 aromatic heterocycles. The SMILES string of the molecule is C#Cc1cccc(C(N)=Nc2cccc(C(C)=C3CC3)c2)c1. The molecule has 1 aliphatic carbocycles. The standard InChI is InChI=1S/C20H18N2/c1-3-15-6-4-8-18(12-15)20(21)22-19-9-5-7-17(13-19)14(2)16-10-11-16/h1,4-9,12-13H,10-11H2,2H3,(H2,21,22). The molecular weight excluding hydrogens is 268 g/mol. The molecule has 0 aliphatic heterocycles. The Labute approximate surface area is 131 Å². The predicted octanol–water partition coefficient (Wildman–Crippen LogP) is 4.27. The van der Waals surface area contributed by atoms with Crippen molar-refractivity contribution >= 4 is 17.1 Å². The lowest BCUT2D eigenvalue weighted by Crippen LogP contribution is -2.12. The molecule has 0 atom stereocenters. The Morgan fingerprint density at radius 2 is 1.82 bits per heavy atom. The van der Waals surface area contributed by atoms with Gasteiger partial charge in [-0.3, -0.25) is 0 Å². The van der Waals surface area contributed by atoms with Gasteiger partial charge in [0.05, 0.1) is 5.69 Å². The summed E-state index contributed by atoms with van der Waals surface area (Å²) in [6, 6.07) is 15.7. The lowest BCUT2D eigenvalue weighted by atomic mass is 10.1. The topological polar surface area (TPSA) is 38.4 Å². The third kappa shape index (κ3) is 3.10. The summed E-state index contributed by atoms with van der Waals surface area (Å²) in [5, 5.41) is 0. The van der Waals surface area contributed by atoms with Crippen LogP contribution in [0.15, 0.2) is 59.1 Å². The van der Waals surface area contributed by atoms with Gasteiger partial charge in [0.2, 0.25) is 0 Å². The van der Waals surface area contributed by atoms with E-state index in [-0.39, 0.29) is 0 Å². The number of terminal acetylenes is 1. The van der Waals surface area contributed by atoms with E-state index in [0.29, 0.717) is 5.84 Å². The summed E-state index contributed by atoms with van der Waals surface area (Å²) >= 11 is 0. The molecule has 0 bridgehead atoms. The summed E-state index contributed by atoms with van der Waals surface area (Å²) in [6.07, 6.45) is 7.87. The predicted molar refractivity (Wildman–Crippen MR) is 93.0 cm³/mol. The second-order valence-corrected chi connectivity index (χ2v) is 5.50. The molecule has 0 radical (unpaired) electrons. The number of allylic oxidation sites excluding steroid dienone is 2. The Kier molecular flexibility index (Phi) is 3.80. The van der Waals surface area contributed by atoms with Crippen molar-refractivity contribution in [2.24, 2.45) is 10.7 Å². The molecule has 0 saturated heterocycles. The fourth-order valence-corrected chi connectivity index (χ4v) is 2.42. The van der Waals surface area contributed by atoms with Crippen molar-refractivity contribution < 1.29 is 0 Å². The number of rotatable bonds is 3. The van der Waals surface area contributed by atoms with Crippen molar-refractivity contribution in [3.8, 4) is 12.3 Å². The van der Waals surface area contributed by atoms with E-state index in [9.17, 15) is 0 Å². The van der Waals surface area contributed by atoms with E-state index < -0.39 is 0 Å². The number of aliphatic imine (C=N–C) groups is 1. The molecule has 0 amide bonds. The normalized spacial score (nSPS) is 13.6. The molecule has 0 spiro atoms. The maximum Gasteiger partial charge on any atom is 0.131 e. The van der Waals surface area contributed by atoms with Gasteiger partial charge in [-0.15, -0.1) is 6.42 Å². The van der Waals surface area contributed by atoms with Gasteiger partial charge in [0.15, 0.2) is 0 Å². The van der Waals surface area contributed by atoms with Crippen molar-refractivity contribution in [2.45, 2.75) is 19.8 Å². The third-order valence-corrected chi connectivity index (χ3v) is 3.88. The van der Waals surface area contributed by atoms with Gasteiger partial charge in [0, 0.05) is 11.1 Å². The van der Waals surface area contributed by atoms with Crippen LogP contribution in [-0.4, -0.2) is 5.84 Å². The smallest absolute Gasteiger partial charge is 0.131 e. The highest BCUT2D eigenvalue weighted by Gasteiger charge is 2.15. The number of nitrogens with zero attached hydrogens (tertiary/aromatic N) is 1. The van der Waals surface area contributed by atoms with Crippen LogP contribution < -0.4 is 5.73 Å². The average Bonchev–Trinajstić information content (AvgIpc) is 3.39. The molecule has 2 nitrogen and oxygen atoms in total. The van der Waals surface area contributed by atoms with Crippen LogP contribution in [0.4, 0.5) is 5.69 Å². The van der Waals surface area contributed by atoms with Crippen LogP contribution in [0.2, 0.25) is 0 Å². The van der Waals surface area contributed by atoms with Crippen LogP contribution in [0.25, 0.3) is 5.57 Å². The molecule has 2 aromatic carbocycles. The molecule has 2 N–H and O–H groups in total. The highest BCUT2D eigenvalue weighted by atomic mass is 14.9. The maximum atomic E-state index is 6.12. The maximum absolute atomic E-state index is 6.12. The zero-order valence-corrected chi connectivity index (χ0v) is 12.6. The molecular formula is C20H18N2. The fourth-order valence-electron chi connectivity index (χ4n) is 2.42. The van der Waals surface area contributed by atoms with Crippen LogP contribution >= 0.6 is 0 Å². The zero-order valence-electron chi connectivity index (χ0n) is 12.6. The van der Waals surface area contributed by atoms with Crippen LogP contribution in [0.3, 0.4) is 0 Å². The summed E-state index contributed by atoms with van der Waals surface area (Å²) in [7, 11) is 0. The van der Waals surface area contributed by atoms with Crippen LogP contribution in [0.5, 0.6) is 0 Å². The Balaban J connectivity index is 1.92. The Morgan fingerprint density at radius 1 is 1.09 bits per heavy atom. The minimum Gasteiger partial charge on any atom is -0.383 e. The lowest BCUT2D eigenvalue weighted by molar-refractivity contribution is 1.43. The summed E-state index contributed by atoms with van der Waals surface area (Å²) in [5.74, 6) is 3.09. The van der Waals surface area contributed by atoms with E-state index in [0.717, 1.165) is 16.8 Å². The molecule has 0 heterocycles. The van der Waals surface area contributed by atoms with Gasteiger partial charge in [-0.1, -0.05) is 35.8 Å². The number of hydrogen-bond acceptors (Lipinski definition) is 1. The van der Waals surface area contributed by atoms with Gasteiger partial charge in [-0.25, -0.2) is 4.99 Å². The minimum absolute atomic E-state index is 0.478. The van der Waals surface area contributed by atoms with Gasteiger partial charge < -0.3 is 5.73 Å². The summed E-state index contributed by atoms with van der Waals surface area (Å²) in [6.45, 7) is 2.17. The average molecular weight is 286 g/mol. The second kappa shape index (κ2) is 5.91. The first-order valence-corrected chi connectivity index (χ1v) is 7.37. The summed E-state index contributed by atoms with van der Waals surface area (Å²) < 4.78 is 0. The van der Waals surface area contributed by atoms with E-state index in [1.165, 1.54) is 29.6 Å². The summed E-state index contributed by atoms with van der Waals surface area (Å²) in [4.78, 5) is 4.53. The highest BCUT2D eigenvalue weighted by Crippen LogP contribution is 2.36. The van der Waals surface area contributed by atoms with E-state index in [2.05, 4.69) is 30.0 Å². The fraction of sp³-hybridized carbons (Fsp3) is 0.150. The zero-order chi connectivity index (χ0) is 15.5. The molecule has 1 saturated carbocycles. The minimum atomic E-state index is 0.478. The highest BCUT2D eigenvalue weighted by molar-refractivity contribution is 5.99. The van der Waals surface area contributed by atoms with Gasteiger partial charge in [-0.05, 0) is 55.2 Å². The molecule has 2 heteroatoms. The summed E-state index contributed by atoms with van der Waals surface area (Å²) in [5.41, 5.74) is 12.8. The van der Waals surface area contributed by atoms with Crippen molar-refractivity contribution in [1.82, 2.24) is 0 Å². The molecule has 3 rings (SSSR count). The van der Waals surface area contributed by atoms with Crippen molar-refractivity contribution in [3.05, 3.63) is 70.8 Å². The Bertz CT molecular complexity index is 814. The van der Waals surface area contributed by atoms with Gasteiger partial charge in [0.25, 0.3) is 0 Å². The monoisotopic (exact) mass is 286 g/mol. The van der Waals surface area contributed by atoms with E-state index >= 15 is 0 Å². The Morgan fingerprint density at radius 3 is 2.55 bits per heavy atom. The van der Waals surface area contributed by atoms with E-state index in [1.807, 2.05) is 36.4 Å². The number of amidine groups is 1. The quantitative estimate of drug-likeness (QED) is 0.510. The van der Waals surface area contributed by atoms with Crippen LogP contribution in [0.1, 0.15) is 36.5 Å². The number of hydrogen-bond donors (Lipinski definition) is 1. The molecule has 1 aliphatic rings. The van der Waals surface area contributed by atoms with Crippen molar-refractivity contribution in [1.29, 1.82) is 0 Å². The first-order valence-electron chi connectivity index (χ1n) is 7.37. The van der Waals surface area contributed by atoms with Crippen molar-refractivity contribution in [2.75, 3.05) is 0 Å². The first kappa shape index (κ1) is 14.2. The molecule has 22 heavy (non-hydrogen) atoms. The van der Waals surface area contributed by atoms with Crippen molar-refractivity contribution in [3.63, 3.8) is 0 Å². The largest absolute Gasteiger partial charge is 0.383 e.